The zero-order valence-electron chi connectivity index (χ0n) is 28.6. The van der Waals surface area contributed by atoms with Gasteiger partial charge in [-0.15, -0.1) is 0 Å². The smallest absolute Gasteiger partial charge is 0.319 e. The fourth-order valence-electron chi connectivity index (χ4n) is 10.4. The molecule has 1 N–H and O–H groups in total. The van der Waals surface area contributed by atoms with E-state index in [0.717, 1.165) is 38.5 Å². The van der Waals surface area contributed by atoms with E-state index in [9.17, 15) is 9.59 Å². The van der Waals surface area contributed by atoms with Gasteiger partial charge in [-0.25, -0.2) is 19.6 Å². The maximum Gasteiger partial charge on any atom is 0.319 e. The highest BCUT2D eigenvalue weighted by molar-refractivity contribution is 5.90. The van der Waals surface area contributed by atoms with Gasteiger partial charge in [0, 0.05) is 43.6 Å². The molecule has 8 unspecified atom stereocenters. The number of carbonyl (C=O) groups excluding carboxylic acids is 1. The number of aliphatic carboxylic acids is 1. The van der Waals surface area contributed by atoms with Gasteiger partial charge in [-0.3, -0.25) is 9.59 Å². The van der Waals surface area contributed by atoms with E-state index < -0.39 is 60.0 Å². The van der Waals surface area contributed by atoms with E-state index in [1.54, 1.807) is 7.11 Å². The molecule has 8 saturated heterocycles. The van der Waals surface area contributed by atoms with Crippen molar-refractivity contribution in [1.29, 1.82) is 0 Å². The summed E-state index contributed by atoms with van der Waals surface area (Å²) in [6.45, 7) is 12.5. The number of methoxy groups -OCH3 is 1. The van der Waals surface area contributed by atoms with E-state index in [4.69, 9.17) is 53.1 Å². The molecular weight excluding hydrogens is 616 g/mol. The van der Waals surface area contributed by atoms with Crippen LogP contribution in [0.15, 0.2) is 0 Å². The van der Waals surface area contributed by atoms with Gasteiger partial charge in [0.2, 0.25) is 17.9 Å². The molecule has 16 atom stereocenters. The first-order chi connectivity index (χ1) is 22.2. The minimum atomic E-state index is -1.23. The Labute approximate surface area is 276 Å². The summed E-state index contributed by atoms with van der Waals surface area (Å²) in [5.74, 6) is -1.43. The molecule has 10 aliphatic rings. The quantitative estimate of drug-likeness (QED) is 0.242. The number of fused-ring (bicyclic) bond motifs is 4. The van der Waals surface area contributed by atoms with Crippen LogP contribution in [0.25, 0.3) is 0 Å². The molecule has 0 aromatic rings. The first-order valence-electron chi connectivity index (χ1n) is 17.6. The molecule has 0 aromatic carbocycles. The molecular formula is C34H52O13. The van der Waals surface area contributed by atoms with Crippen LogP contribution in [0.3, 0.4) is 0 Å². The molecule has 10 fully saturated rings. The zero-order valence-corrected chi connectivity index (χ0v) is 28.6. The van der Waals surface area contributed by atoms with Gasteiger partial charge in [-0.05, 0) is 76.0 Å². The molecule has 266 valence electrons. The predicted molar refractivity (Wildman–Crippen MR) is 159 cm³/mol. The Balaban J connectivity index is 0.000000153. The maximum atomic E-state index is 11.9. The lowest BCUT2D eigenvalue weighted by Crippen LogP contribution is -2.70. The van der Waals surface area contributed by atoms with Gasteiger partial charge < -0.3 is 33.5 Å². The van der Waals surface area contributed by atoms with Crippen LogP contribution in [0.2, 0.25) is 0 Å². The third-order valence-electron chi connectivity index (χ3n) is 13.0. The molecule has 0 radical (unpaired) electrons. The van der Waals surface area contributed by atoms with Crippen molar-refractivity contribution in [2.75, 3.05) is 7.11 Å². The van der Waals surface area contributed by atoms with Gasteiger partial charge in [0.1, 0.15) is 6.42 Å². The average Bonchev–Trinajstić information content (AvgIpc) is 3.39. The summed E-state index contributed by atoms with van der Waals surface area (Å²) in [6, 6.07) is 0. The second-order valence-electron chi connectivity index (χ2n) is 15.8. The molecule has 2 saturated carbocycles. The summed E-state index contributed by atoms with van der Waals surface area (Å²) in [5.41, 5.74) is -1.19. The molecule has 0 aromatic heterocycles. The fraction of sp³-hybridized carbons (Fsp3) is 0.941. The van der Waals surface area contributed by atoms with E-state index >= 15 is 0 Å². The van der Waals surface area contributed by atoms with E-state index in [2.05, 4.69) is 20.8 Å². The van der Waals surface area contributed by atoms with Crippen molar-refractivity contribution in [2.45, 2.75) is 147 Å². The summed E-state index contributed by atoms with van der Waals surface area (Å²) in [4.78, 5) is 46.1. The Morgan fingerprint density at radius 3 is 1.62 bits per heavy atom. The molecule has 2 spiro atoms. The van der Waals surface area contributed by atoms with Crippen LogP contribution >= 0.6 is 0 Å². The van der Waals surface area contributed by atoms with Crippen LogP contribution in [0.1, 0.15) is 99.3 Å². The number of carbonyl (C=O) groups is 2. The molecule has 8 aliphatic heterocycles. The lowest BCUT2D eigenvalue weighted by Gasteiger charge is -2.60. The number of ether oxygens (including phenoxy) is 6. The Morgan fingerprint density at radius 2 is 1.15 bits per heavy atom. The van der Waals surface area contributed by atoms with E-state index in [-0.39, 0.29) is 30.0 Å². The highest BCUT2D eigenvalue weighted by Crippen LogP contribution is 2.62. The molecule has 4 bridgehead atoms. The molecule has 8 heterocycles. The normalized spacial score (nSPS) is 54.1. The SMILES string of the molecule is COC1OC2O[C@]3(C)CCC4[C@H](C)CCC([C@H]1C)[C@@]24OO3.C[C@H]1C(OC(=O)CC(=O)O)OC2O[C@]3(C)CCC4[C@H](C)CCC1[C@@]24OO3. The number of rotatable bonds is 4. The Hall–Kier alpha value is -1.42. The minimum absolute atomic E-state index is 0.0349. The molecule has 13 heteroatoms. The van der Waals surface area contributed by atoms with E-state index in [1.807, 2.05) is 20.8 Å². The monoisotopic (exact) mass is 668 g/mol. The van der Waals surface area contributed by atoms with Crippen molar-refractivity contribution in [3.05, 3.63) is 0 Å². The minimum Gasteiger partial charge on any atom is -0.481 e. The van der Waals surface area contributed by atoms with Crippen LogP contribution in [0, 0.1) is 47.3 Å². The number of carboxylic acids is 1. The Kier molecular flexibility index (Phi) is 8.78. The average molecular weight is 669 g/mol. The van der Waals surface area contributed by atoms with Gasteiger partial charge in [0.05, 0.1) is 0 Å². The molecule has 13 nitrogen and oxygen atoms in total. The molecule has 47 heavy (non-hydrogen) atoms. The first kappa shape index (κ1) is 34.0. The summed E-state index contributed by atoms with van der Waals surface area (Å²) in [7, 11) is 1.70. The third kappa shape index (κ3) is 5.38. The number of hydrogen-bond donors (Lipinski definition) is 1. The van der Waals surface area contributed by atoms with Crippen molar-refractivity contribution < 1.29 is 62.7 Å². The van der Waals surface area contributed by atoms with Crippen LogP contribution in [-0.2, 0) is 57.6 Å². The first-order valence-corrected chi connectivity index (χ1v) is 17.6. The van der Waals surface area contributed by atoms with Crippen molar-refractivity contribution >= 4 is 11.9 Å². The zero-order chi connectivity index (χ0) is 33.5. The van der Waals surface area contributed by atoms with Crippen LogP contribution in [0.5, 0.6) is 0 Å². The van der Waals surface area contributed by atoms with Crippen LogP contribution < -0.4 is 0 Å². The van der Waals surface area contributed by atoms with Crippen molar-refractivity contribution in [1.82, 2.24) is 0 Å². The summed E-state index contributed by atoms with van der Waals surface area (Å²) < 4.78 is 35.4. The molecule has 10 rings (SSSR count). The third-order valence-corrected chi connectivity index (χ3v) is 13.0. The Bertz CT molecular complexity index is 1220. The molecule has 2 aliphatic carbocycles. The summed E-state index contributed by atoms with van der Waals surface area (Å²) in [5, 5.41) is 8.79. The van der Waals surface area contributed by atoms with Gasteiger partial charge in [-0.2, -0.15) is 0 Å². The number of esters is 1. The lowest BCUT2D eigenvalue weighted by molar-refractivity contribution is -0.577. The second kappa shape index (κ2) is 12.1. The molecule has 0 amide bonds. The van der Waals surface area contributed by atoms with E-state index in [0.29, 0.717) is 30.1 Å². The second-order valence-corrected chi connectivity index (χ2v) is 15.8. The number of carboxylic acid groups (broad SMARTS) is 1. The van der Waals surface area contributed by atoms with Gasteiger partial charge in [0.25, 0.3) is 0 Å². The highest BCUT2D eigenvalue weighted by Gasteiger charge is 2.71. The van der Waals surface area contributed by atoms with Crippen molar-refractivity contribution in [2.24, 2.45) is 47.3 Å². The van der Waals surface area contributed by atoms with Crippen molar-refractivity contribution in [3.8, 4) is 0 Å². The maximum absolute atomic E-state index is 11.9. The van der Waals surface area contributed by atoms with Crippen LogP contribution in [0.4, 0.5) is 0 Å². The summed E-state index contributed by atoms with van der Waals surface area (Å²) >= 11 is 0. The van der Waals surface area contributed by atoms with Gasteiger partial charge >= 0.3 is 11.9 Å². The summed E-state index contributed by atoms with van der Waals surface area (Å²) in [6.07, 6.45) is 4.93. The topological polar surface area (TPSA) is 147 Å². The fourth-order valence-corrected chi connectivity index (χ4v) is 10.4. The number of hydrogen-bond acceptors (Lipinski definition) is 12. The Morgan fingerprint density at radius 1 is 0.681 bits per heavy atom. The standard InChI is InChI=1S/C18H26O8.C16H26O5/c1-9-4-5-12-10(2)15(22-14(21)8-13(19)20)23-16-18(12)11(9)6-7-17(3,24-16)25-26-18;1-9-5-6-12-10(2)13(17-4)18-14-16(12)11(9)7-8-15(3,19-14)20-21-16/h9-12,15-16H,4-8H2,1-3H3,(H,19,20);9-14H,5-8H2,1-4H3/t9-,10-,11?,12?,15?,16?,17+,18-;9-,10-,11?,12?,13?,14?,15+,16-/m11/s1. The predicted octanol–water partition coefficient (Wildman–Crippen LogP) is 5.05. The van der Waals surface area contributed by atoms with Gasteiger partial charge in [-0.1, -0.05) is 27.7 Å². The highest BCUT2D eigenvalue weighted by atomic mass is 17.3. The van der Waals surface area contributed by atoms with Gasteiger partial charge in [0.15, 0.2) is 30.1 Å². The largest absolute Gasteiger partial charge is 0.481 e. The lowest BCUT2D eigenvalue weighted by atomic mass is 9.58. The van der Waals surface area contributed by atoms with Crippen molar-refractivity contribution in [3.63, 3.8) is 0 Å². The van der Waals surface area contributed by atoms with Crippen LogP contribution in [-0.4, -0.2) is 72.1 Å². The van der Waals surface area contributed by atoms with E-state index in [1.165, 1.54) is 6.42 Å².